The monoisotopic (exact) mass is 322 g/mol. The first-order valence-electron chi connectivity index (χ1n) is 7.76. The van der Waals surface area contributed by atoms with Crippen LogP contribution in [0.15, 0.2) is 42.4 Å². The van der Waals surface area contributed by atoms with Crippen molar-refractivity contribution in [1.29, 1.82) is 0 Å². The van der Waals surface area contributed by atoms with Crippen molar-refractivity contribution in [3.8, 4) is 0 Å². The summed E-state index contributed by atoms with van der Waals surface area (Å²) in [6.07, 6.45) is 8.32. The maximum Gasteiger partial charge on any atom is 0.212 e. The number of anilines is 1. The Labute approximate surface area is 139 Å². The van der Waals surface area contributed by atoms with Gasteiger partial charge in [-0.1, -0.05) is 13.0 Å². The number of nitrogens with zero attached hydrogens (tertiary/aromatic N) is 2. The first-order chi connectivity index (χ1) is 11.6. The molecule has 1 aliphatic rings. The molecule has 0 spiro atoms. The number of Topliss-reactive ketones (excluding diaryl/α,β-unsaturated/α-hetero) is 1. The molecule has 3 rings (SSSR count). The Hall–Kier alpha value is -3.02. The standard InChI is InChI=1S/C18H18N4O2/c1-3-17(24)16-4-11(2)14(9-20-16)15-5-12-8-21-18(22-10-23)6-13(12)7-19-15/h4-10,16,20H,3H2,1-2H3,(H,21,22,23). The van der Waals surface area contributed by atoms with Crippen LogP contribution in [0.4, 0.5) is 5.82 Å². The number of dihydropyridines is 1. The van der Waals surface area contributed by atoms with E-state index < -0.39 is 0 Å². The Kier molecular flexibility index (Phi) is 4.37. The van der Waals surface area contributed by atoms with Gasteiger partial charge in [0.05, 0.1) is 5.69 Å². The maximum absolute atomic E-state index is 11.8. The zero-order valence-corrected chi connectivity index (χ0v) is 13.5. The van der Waals surface area contributed by atoms with Gasteiger partial charge in [0, 0.05) is 41.4 Å². The average Bonchev–Trinajstić information content (AvgIpc) is 2.61. The second kappa shape index (κ2) is 6.62. The van der Waals surface area contributed by atoms with E-state index in [1.807, 2.05) is 32.2 Å². The van der Waals surface area contributed by atoms with Gasteiger partial charge in [-0.3, -0.25) is 14.6 Å². The third-order valence-corrected chi connectivity index (χ3v) is 4.03. The lowest BCUT2D eigenvalue weighted by molar-refractivity contribution is -0.119. The van der Waals surface area contributed by atoms with E-state index in [1.165, 1.54) is 0 Å². The minimum absolute atomic E-state index is 0.163. The van der Waals surface area contributed by atoms with Crippen molar-refractivity contribution in [1.82, 2.24) is 15.3 Å². The molecule has 3 heterocycles. The van der Waals surface area contributed by atoms with Gasteiger partial charge in [0.15, 0.2) is 5.78 Å². The maximum atomic E-state index is 11.8. The van der Waals surface area contributed by atoms with Gasteiger partial charge in [0.1, 0.15) is 11.9 Å². The molecule has 0 aliphatic carbocycles. The van der Waals surface area contributed by atoms with Gasteiger partial charge in [-0.25, -0.2) is 4.98 Å². The summed E-state index contributed by atoms with van der Waals surface area (Å²) in [7, 11) is 0. The van der Waals surface area contributed by atoms with Crippen LogP contribution in [0, 0.1) is 0 Å². The fraction of sp³-hybridized carbons (Fsp3) is 0.222. The van der Waals surface area contributed by atoms with E-state index in [1.54, 1.807) is 18.5 Å². The number of allylic oxidation sites excluding steroid dienone is 2. The summed E-state index contributed by atoms with van der Waals surface area (Å²) in [5.74, 6) is 0.651. The van der Waals surface area contributed by atoms with Crippen molar-refractivity contribution >= 4 is 34.4 Å². The summed E-state index contributed by atoms with van der Waals surface area (Å²) in [6, 6.07) is 3.45. The topological polar surface area (TPSA) is 84.0 Å². The lowest BCUT2D eigenvalue weighted by atomic mass is 9.96. The Morgan fingerprint density at radius 2 is 2.04 bits per heavy atom. The van der Waals surface area contributed by atoms with E-state index in [2.05, 4.69) is 20.6 Å². The highest BCUT2D eigenvalue weighted by Crippen LogP contribution is 2.27. The number of nitrogens with one attached hydrogen (secondary N) is 2. The number of carbonyl (C=O) groups excluding carboxylic acids is 2. The highest BCUT2D eigenvalue weighted by Gasteiger charge is 2.19. The molecule has 0 aromatic carbocycles. The zero-order valence-electron chi connectivity index (χ0n) is 13.5. The number of carbonyl (C=O) groups is 2. The molecule has 6 heteroatoms. The Bertz CT molecular complexity index is 870. The summed E-state index contributed by atoms with van der Waals surface area (Å²) in [4.78, 5) is 31.0. The summed E-state index contributed by atoms with van der Waals surface area (Å²) in [5, 5.41) is 7.47. The molecular formula is C18H18N4O2. The van der Waals surface area contributed by atoms with E-state index in [0.717, 1.165) is 27.6 Å². The average molecular weight is 322 g/mol. The van der Waals surface area contributed by atoms with Crippen molar-refractivity contribution in [2.45, 2.75) is 26.3 Å². The van der Waals surface area contributed by atoms with Crippen LogP contribution in [0.5, 0.6) is 0 Å². The van der Waals surface area contributed by atoms with E-state index in [4.69, 9.17) is 0 Å². The number of ketones is 1. The lowest BCUT2D eigenvalue weighted by Gasteiger charge is -2.20. The molecule has 6 nitrogen and oxygen atoms in total. The summed E-state index contributed by atoms with van der Waals surface area (Å²) < 4.78 is 0. The van der Waals surface area contributed by atoms with Crippen molar-refractivity contribution < 1.29 is 9.59 Å². The smallest absolute Gasteiger partial charge is 0.212 e. The van der Waals surface area contributed by atoms with Gasteiger partial charge < -0.3 is 10.6 Å². The lowest BCUT2D eigenvalue weighted by Crippen LogP contribution is -2.33. The molecule has 2 N–H and O–H groups in total. The van der Waals surface area contributed by atoms with E-state index in [-0.39, 0.29) is 11.8 Å². The van der Waals surface area contributed by atoms with Crippen molar-refractivity contribution in [3.63, 3.8) is 0 Å². The molecule has 122 valence electrons. The fourth-order valence-electron chi connectivity index (χ4n) is 2.68. The van der Waals surface area contributed by atoms with Gasteiger partial charge >= 0.3 is 0 Å². The normalized spacial score (nSPS) is 16.8. The molecule has 1 amide bonds. The minimum Gasteiger partial charge on any atom is -0.378 e. The van der Waals surface area contributed by atoms with Gasteiger partial charge in [-0.05, 0) is 24.6 Å². The van der Waals surface area contributed by atoms with Crippen LogP contribution in [-0.4, -0.2) is 28.2 Å². The highest BCUT2D eigenvalue weighted by molar-refractivity contribution is 5.91. The SMILES string of the molecule is CCC(=O)C1C=C(C)C(c2cc3cnc(NC=O)cc3cn2)=CN1. The molecule has 2 aromatic rings. The molecule has 1 aliphatic heterocycles. The Morgan fingerprint density at radius 3 is 2.75 bits per heavy atom. The number of aromatic nitrogens is 2. The molecule has 24 heavy (non-hydrogen) atoms. The van der Waals surface area contributed by atoms with Gasteiger partial charge in [0.2, 0.25) is 6.41 Å². The van der Waals surface area contributed by atoms with Gasteiger partial charge in [-0.2, -0.15) is 0 Å². The largest absolute Gasteiger partial charge is 0.378 e. The molecule has 0 saturated carbocycles. The predicted molar refractivity (Wildman–Crippen MR) is 93.2 cm³/mol. The summed E-state index contributed by atoms with van der Waals surface area (Å²) >= 11 is 0. The van der Waals surface area contributed by atoms with Crippen LogP contribution in [-0.2, 0) is 9.59 Å². The first kappa shape index (κ1) is 15.9. The number of hydrogen-bond donors (Lipinski definition) is 2. The number of rotatable bonds is 5. The van der Waals surface area contributed by atoms with E-state index in [0.29, 0.717) is 18.6 Å². The Morgan fingerprint density at radius 1 is 1.29 bits per heavy atom. The fourth-order valence-corrected chi connectivity index (χ4v) is 2.68. The first-order valence-corrected chi connectivity index (χ1v) is 7.76. The molecule has 1 unspecified atom stereocenters. The van der Waals surface area contributed by atoms with Crippen molar-refractivity contribution in [2.75, 3.05) is 5.32 Å². The van der Waals surface area contributed by atoms with Gasteiger partial charge in [-0.15, -0.1) is 0 Å². The van der Waals surface area contributed by atoms with Crippen LogP contribution in [0.3, 0.4) is 0 Å². The Balaban J connectivity index is 1.91. The zero-order chi connectivity index (χ0) is 17.1. The van der Waals surface area contributed by atoms with Crippen molar-refractivity contribution in [3.05, 3.63) is 48.1 Å². The molecule has 1 atom stereocenters. The number of amides is 1. The molecule has 0 radical (unpaired) electrons. The quantitative estimate of drug-likeness (QED) is 0.826. The molecule has 0 saturated heterocycles. The molecule has 0 bridgehead atoms. The highest BCUT2D eigenvalue weighted by atomic mass is 16.1. The van der Waals surface area contributed by atoms with E-state index >= 15 is 0 Å². The third kappa shape index (κ3) is 3.03. The molecule has 2 aromatic heterocycles. The van der Waals surface area contributed by atoms with Crippen LogP contribution < -0.4 is 10.6 Å². The van der Waals surface area contributed by atoms with Crippen LogP contribution in [0.2, 0.25) is 0 Å². The summed E-state index contributed by atoms with van der Waals surface area (Å²) in [5.41, 5.74) is 2.77. The number of hydrogen-bond acceptors (Lipinski definition) is 5. The third-order valence-electron chi connectivity index (χ3n) is 4.03. The minimum atomic E-state index is -0.266. The van der Waals surface area contributed by atoms with Crippen LogP contribution >= 0.6 is 0 Å². The summed E-state index contributed by atoms with van der Waals surface area (Å²) in [6.45, 7) is 3.84. The predicted octanol–water partition coefficient (Wildman–Crippen LogP) is 2.44. The number of pyridine rings is 2. The number of fused-ring (bicyclic) bond motifs is 1. The van der Waals surface area contributed by atoms with Crippen LogP contribution in [0.1, 0.15) is 26.0 Å². The second-order valence-corrected chi connectivity index (χ2v) is 5.62. The van der Waals surface area contributed by atoms with Gasteiger partial charge in [0.25, 0.3) is 0 Å². The van der Waals surface area contributed by atoms with Crippen LogP contribution in [0.25, 0.3) is 16.3 Å². The molecular weight excluding hydrogens is 304 g/mol. The van der Waals surface area contributed by atoms with E-state index in [9.17, 15) is 9.59 Å². The molecule has 0 fully saturated rings. The second-order valence-electron chi connectivity index (χ2n) is 5.62. The van der Waals surface area contributed by atoms with Crippen molar-refractivity contribution in [2.24, 2.45) is 0 Å².